The number of amides is 2. The van der Waals surface area contributed by atoms with Gasteiger partial charge in [0.25, 0.3) is 0 Å². The molecule has 2 aliphatic rings. The van der Waals surface area contributed by atoms with Crippen LogP contribution in [0, 0.1) is 5.92 Å². The molecule has 2 atom stereocenters. The Balaban J connectivity index is 1.36. The van der Waals surface area contributed by atoms with Crippen LogP contribution in [0.25, 0.3) is 0 Å². The van der Waals surface area contributed by atoms with Crippen LogP contribution in [0.2, 0.25) is 0 Å². The van der Waals surface area contributed by atoms with E-state index in [1.165, 1.54) is 11.8 Å². The number of ether oxygens (including phenoxy) is 2. The van der Waals surface area contributed by atoms with Gasteiger partial charge in [0.05, 0.1) is 31.6 Å². The summed E-state index contributed by atoms with van der Waals surface area (Å²) in [6.07, 6.45) is 0.315. The highest BCUT2D eigenvalue weighted by Gasteiger charge is 2.42. The molecule has 3 N–H and O–H groups in total. The van der Waals surface area contributed by atoms with Gasteiger partial charge in [-0.05, 0) is 48.4 Å². The van der Waals surface area contributed by atoms with E-state index in [9.17, 15) is 9.59 Å². The first-order valence-electron chi connectivity index (χ1n) is 10.8. The molecule has 0 aromatic heterocycles. The third-order valence-electron chi connectivity index (χ3n) is 5.53. The van der Waals surface area contributed by atoms with Crippen LogP contribution in [0.15, 0.2) is 51.9 Å². The van der Waals surface area contributed by atoms with Crippen molar-refractivity contribution in [2.24, 2.45) is 10.9 Å². The van der Waals surface area contributed by atoms with Gasteiger partial charge in [0.15, 0.2) is 16.7 Å². The molecule has 1 saturated heterocycles. The predicted molar refractivity (Wildman–Crippen MR) is 136 cm³/mol. The molecule has 0 bridgehead atoms. The van der Waals surface area contributed by atoms with Gasteiger partial charge in [-0.15, -0.1) is 0 Å². The summed E-state index contributed by atoms with van der Waals surface area (Å²) in [4.78, 5) is 32.0. The molecule has 34 heavy (non-hydrogen) atoms. The maximum atomic E-state index is 13.2. The van der Waals surface area contributed by atoms with Gasteiger partial charge in [0.1, 0.15) is 6.17 Å². The number of nitrogens with one attached hydrogen (secondary N) is 3. The van der Waals surface area contributed by atoms with Crippen molar-refractivity contribution in [3.8, 4) is 11.5 Å². The average molecular weight is 548 g/mol. The van der Waals surface area contributed by atoms with Crippen LogP contribution in [0.4, 0.5) is 5.69 Å². The highest BCUT2D eigenvalue weighted by molar-refractivity contribution is 9.10. The zero-order valence-corrected chi connectivity index (χ0v) is 21.2. The van der Waals surface area contributed by atoms with Crippen molar-refractivity contribution in [3.63, 3.8) is 0 Å². The summed E-state index contributed by atoms with van der Waals surface area (Å²) in [6.45, 7) is 0.988. The van der Waals surface area contributed by atoms with Crippen LogP contribution in [0.3, 0.4) is 0 Å². The second-order valence-corrected chi connectivity index (χ2v) is 9.57. The molecule has 2 amide bonds. The monoisotopic (exact) mass is 547 g/mol. The fraction of sp³-hybridized carbons (Fsp3) is 0.348. The first-order chi connectivity index (χ1) is 16.5. The number of thioether (sulfide) groups is 1. The predicted octanol–water partition coefficient (Wildman–Crippen LogP) is 2.31. The largest absolute Gasteiger partial charge is 0.493 e. The zero-order valence-electron chi connectivity index (χ0n) is 18.8. The number of rotatable bonds is 8. The van der Waals surface area contributed by atoms with E-state index in [-0.39, 0.29) is 29.7 Å². The Hall–Kier alpha value is -2.60. The van der Waals surface area contributed by atoms with Gasteiger partial charge in [-0.3, -0.25) is 19.9 Å². The fourth-order valence-electron chi connectivity index (χ4n) is 3.76. The first-order valence-corrected chi connectivity index (χ1v) is 12.5. The molecule has 0 aliphatic carbocycles. The molecule has 11 heteroatoms. The van der Waals surface area contributed by atoms with E-state index >= 15 is 0 Å². The smallest absolute Gasteiger partial charge is 0.241 e. The van der Waals surface area contributed by atoms with Crippen LogP contribution in [0.1, 0.15) is 5.56 Å². The van der Waals surface area contributed by atoms with Gasteiger partial charge < -0.3 is 14.8 Å². The molecule has 0 saturated carbocycles. The van der Waals surface area contributed by atoms with E-state index in [2.05, 4.69) is 32.1 Å². The normalized spacial score (nSPS) is 19.4. The number of methoxy groups -OCH3 is 2. The van der Waals surface area contributed by atoms with E-state index in [0.717, 1.165) is 15.7 Å². The second-order valence-electron chi connectivity index (χ2n) is 7.72. The number of aliphatic imine (C=N–C) groups is 1. The van der Waals surface area contributed by atoms with Crippen molar-refractivity contribution < 1.29 is 19.1 Å². The average Bonchev–Trinajstić information content (AvgIpc) is 3.32. The van der Waals surface area contributed by atoms with Crippen LogP contribution in [-0.4, -0.2) is 56.2 Å². The molecule has 2 aromatic rings. The van der Waals surface area contributed by atoms with Crippen molar-refractivity contribution in [2.45, 2.75) is 12.6 Å². The SMILES string of the molecule is COc1ccc(CCNC(=O)CSC2=NC3NNCC3C(=O)N2c2ccc(Br)cc2)cc1OC. The van der Waals surface area contributed by atoms with E-state index in [1.807, 2.05) is 42.5 Å². The number of amidine groups is 1. The van der Waals surface area contributed by atoms with E-state index in [4.69, 9.17) is 14.5 Å². The van der Waals surface area contributed by atoms with Gasteiger partial charge in [-0.2, -0.15) is 0 Å². The van der Waals surface area contributed by atoms with Crippen molar-refractivity contribution >= 4 is 50.4 Å². The summed E-state index contributed by atoms with van der Waals surface area (Å²) in [7, 11) is 3.19. The molecular formula is C23H26BrN5O4S. The minimum atomic E-state index is -0.338. The molecule has 2 heterocycles. The van der Waals surface area contributed by atoms with Crippen LogP contribution >= 0.6 is 27.7 Å². The summed E-state index contributed by atoms with van der Waals surface area (Å²) >= 11 is 4.68. The molecule has 180 valence electrons. The molecule has 0 spiro atoms. The molecule has 4 rings (SSSR count). The number of benzene rings is 2. The number of hydrogen-bond donors (Lipinski definition) is 3. The van der Waals surface area contributed by atoms with Crippen LogP contribution < -0.4 is 30.5 Å². The number of carbonyl (C=O) groups is 2. The summed E-state index contributed by atoms with van der Waals surface area (Å²) in [5.41, 5.74) is 7.78. The molecule has 1 fully saturated rings. The summed E-state index contributed by atoms with van der Waals surface area (Å²) < 4.78 is 11.5. The van der Waals surface area contributed by atoms with E-state index in [0.29, 0.717) is 36.2 Å². The lowest BCUT2D eigenvalue weighted by molar-refractivity contribution is -0.121. The van der Waals surface area contributed by atoms with Crippen LogP contribution in [0.5, 0.6) is 11.5 Å². The first kappa shape index (κ1) is 24.5. The molecular weight excluding hydrogens is 522 g/mol. The van der Waals surface area contributed by atoms with Crippen molar-refractivity contribution in [3.05, 3.63) is 52.5 Å². The standard InChI is InChI=1S/C23H26BrN5O4S/c1-32-18-8-3-14(11-19(18)33-2)9-10-25-20(30)13-34-23-27-21-17(12-26-28-21)22(31)29(23)16-6-4-15(24)5-7-16/h3-8,11,17,21,26,28H,9-10,12-13H2,1-2H3,(H,25,30). The Bertz CT molecular complexity index is 1080. The molecule has 2 aliphatic heterocycles. The zero-order chi connectivity index (χ0) is 24.1. The third-order valence-corrected chi connectivity index (χ3v) is 7.01. The van der Waals surface area contributed by atoms with Gasteiger partial charge in [0, 0.05) is 17.6 Å². The van der Waals surface area contributed by atoms with Gasteiger partial charge in [0.2, 0.25) is 11.8 Å². The number of nitrogens with zero attached hydrogens (tertiary/aromatic N) is 2. The number of hydrogen-bond acceptors (Lipinski definition) is 8. The lowest BCUT2D eigenvalue weighted by atomic mass is 10.0. The minimum Gasteiger partial charge on any atom is -0.493 e. The van der Waals surface area contributed by atoms with Gasteiger partial charge in [-0.1, -0.05) is 33.8 Å². The maximum absolute atomic E-state index is 13.2. The Morgan fingerprint density at radius 3 is 2.71 bits per heavy atom. The topological polar surface area (TPSA) is 104 Å². The molecule has 9 nitrogen and oxygen atoms in total. The van der Waals surface area contributed by atoms with Gasteiger partial charge in [-0.25, -0.2) is 10.4 Å². The summed E-state index contributed by atoms with van der Waals surface area (Å²) in [6, 6.07) is 13.2. The lowest BCUT2D eigenvalue weighted by Crippen LogP contribution is -2.49. The quantitative estimate of drug-likeness (QED) is 0.465. The molecule has 2 aromatic carbocycles. The summed E-state index contributed by atoms with van der Waals surface area (Å²) in [5.74, 6) is 1.01. The minimum absolute atomic E-state index is 0.0452. The molecule has 2 unspecified atom stereocenters. The number of fused-ring (bicyclic) bond motifs is 1. The van der Waals surface area contributed by atoms with Crippen LogP contribution in [-0.2, 0) is 16.0 Å². The lowest BCUT2D eigenvalue weighted by Gasteiger charge is -2.32. The Morgan fingerprint density at radius 1 is 1.21 bits per heavy atom. The number of halogens is 1. The van der Waals surface area contributed by atoms with Crippen molar-refractivity contribution in [2.75, 3.05) is 38.0 Å². The number of hydrazine groups is 1. The molecule has 0 radical (unpaired) electrons. The van der Waals surface area contributed by atoms with Gasteiger partial charge >= 0.3 is 0 Å². The maximum Gasteiger partial charge on any atom is 0.241 e. The Kier molecular flexibility index (Phi) is 8.09. The van der Waals surface area contributed by atoms with Crippen molar-refractivity contribution in [1.29, 1.82) is 0 Å². The summed E-state index contributed by atoms with van der Waals surface area (Å²) in [5, 5.41) is 3.43. The highest BCUT2D eigenvalue weighted by atomic mass is 79.9. The Morgan fingerprint density at radius 2 is 1.97 bits per heavy atom. The highest BCUT2D eigenvalue weighted by Crippen LogP contribution is 2.30. The Labute approximate surface area is 210 Å². The second kappa shape index (κ2) is 11.2. The van der Waals surface area contributed by atoms with E-state index in [1.54, 1.807) is 19.1 Å². The third kappa shape index (κ3) is 5.54. The van der Waals surface area contributed by atoms with Crippen molar-refractivity contribution in [1.82, 2.24) is 16.2 Å². The fourth-order valence-corrected chi connectivity index (χ4v) is 4.90. The number of carbonyl (C=O) groups excluding carboxylic acids is 2. The number of anilines is 1. The van der Waals surface area contributed by atoms with E-state index < -0.39 is 0 Å².